The standard InChI is InChI=1S/C17H35NS/c1-6-9-17(14-19,10-7-2)13-18-11-8-15(12-18)16(3,4)5/h15,19H,6-14H2,1-5H3. The Hall–Kier alpha value is 0.310. The zero-order valence-electron chi connectivity index (χ0n) is 13.8. The lowest BCUT2D eigenvalue weighted by Gasteiger charge is -2.36. The van der Waals surface area contributed by atoms with Crippen molar-refractivity contribution in [3.05, 3.63) is 0 Å². The largest absolute Gasteiger partial charge is 0.302 e. The van der Waals surface area contributed by atoms with Gasteiger partial charge in [-0.05, 0) is 48.3 Å². The second-order valence-electron chi connectivity index (χ2n) is 7.74. The van der Waals surface area contributed by atoms with Gasteiger partial charge >= 0.3 is 0 Å². The van der Waals surface area contributed by atoms with Crippen LogP contribution in [-0.4, -0.2) is 30.3 Å². The summed E-state index contributed by atoms with van der Waals surface area (Å²) in [4.78, 5) is 2.72. The molecule has 1 atom stereocenters. The van der Waals surface area contributed by atoms with Gasteiger partial charge in [0, 0.05) is 13.1 Å². The molecule has 1 aliphatic heterocycles. The Morgan fingerprint density at radius 2 is 1.68 bits per heavy atom. The van der Waals surface area contributed by atoms with Crippen LogP contribution in [0.1, 0.15) is 66.7 Å². The van der Waals surface area contributed by atoms with E-state index in [1.807, 2.05) is 0 Å². The molecule has 2 heteroatoms. The minimum Gasteiger partial charge on any atom is -0.302 e. The van der Waals surface area contributed by atoms with Crippen LogP contribution >= 0.6 is 12.6 Å². The highest BCUT2D eigenvalue weighted by Gasteiger charge is 2.36. The molecule has 1 fully saturated rings. The van der Waals surface area contributed by atoms with Crippen molar-refractivity contribution >= 4 is 12.6 Å². The zero-order chi connectivity index (χ0) is 14.5. The van der Waals surface area contributed by atoms with Gasteiger partial charge in [0.2, 0.25) is 0 Å². The van der Waals surface area contributed by atoms with E-state index >= 15 is 0 Å². The Morgan fingerprint density at radius 1 is 1.11 bits per heavy atom. The predicted molar refractivity (Wildman–Crippen MR) is 90.1 cm³/mol. The van der Waals surface area contributed by atoms with Crippen LogP contribution in [0, 0.1) is 16.7 Å². The second-order valence-corrected chi connectivity index (χ2v) is 8.06. The van der Waals surface area contributed by atoms with E-state index < -0.39 is 0 Å². The Morgan fingerprint density at radius 3 is 2.05 bits per heavy atom. The van der Waals surface area contributed by atoms with Crippen molar-refractivity contribution in [2.75, 3.05) is 25.4 Å². The summed E-state index contributed by atoms with van der Waals surface area (Å²) >= 11 is 4.69. The van der Waals surface area contributed by atoms with E-state index in [1.54, 1.807) is 0 Å². The molecule has 1 saturated heterocycles. The number of nitrogens with zero attached hydrogens (tertiary/aromatic N) is 1. The minimum absolute atomic E-state index is 0.458. The molecule has 1 unspecified atom stereocenters. The lowest BCUT2D eigenvalue weighted by molar-refractivity contribution is 0.153. The first-order valence-electron chi connectivity index (χ1n) is 8.20. The molecule has 0 aromatic heterocycles. The monoisotopic (exact) mass is 285 g/mol. The first kappa shape index (κ1) is 17.4. The number of hydrogen-bond acceptors (Lipinski definition) is 2. The molecule has 0 saturated carbocycles. The lowest BCUT2D eigenvalue weighted by atomic mass is 9.79. The zero-order valence-corrected chi connectivity index (χ0v) is 14.7. The van der Waals surface area contributed by atoms with Gasteiger partial charge in [-0.1, -0.05) is 47.5 Å². The van der Waals surface area contributed by atoms with Gasteiger partial charge < -0.3 is 4.90 Å². The van der Waals surface area contributed by atoms with E-state index in [0.29, 0.717) is 10.8 Å². The van der Waals surface area contributed by atoms with Gasteiger partial charge in [0.1, 0.15) is 0 Å². The molecule has 0 radical (unpaired) electrons. The normalized spacial score (nSPS) is 22.1. The van der Waals surface area contributed by atoms with Crippen molar-refractivity contribution in [2.45, 2.75) is 66.7 Å². The molecule has 114 valence electrons. The van der Waals surface area contributed by atoms with Crippen LogP contribution in [0.4, 0.5) is 0 Å². The Bertz CT molecular complexity index is 250. The predicted octanol–water partition coefficient (Wildman–Crippen LogP) is 4.87. The maximum atomic E-state index is 4.69. The molecule has 0 N–H and O–H groups in total. The van der Waals surface area contributed by atoms with Gasteiger partial charge in [0.25, 0.3) is 0 Å². The van der Waals surface area contributed by atoms with Crippen LogP contribution in [0.25, 0.3) is 0 Å². The molecule has 0 aliphatic carbocycles. The summed E-state index contributed by atoms with van der Waals surface area (Å²) < 4.78 is 0. The van der Waals surface area contributed by atoms with Crippen molar-refractivity contribution in [3.8, 4) is 0 Å². The molecule has 1 heterocycles. The van der Waals surface area contributed by atoms with Crippen molar-refractivity contribution < 1.29 is 0 Å². The highest BCUT2D eigenvalue weighted by atomic mass is 32.1. The van der Waals surface area contributed by atoms with Gasteiger partial charge in [-0.25, -0.2) is 0 Å². The summed E-state index contributed by atoms with van der Waals surface area (Å²) in [5, 5.41) is 0. The SMILES string of the molecule is CCCC(CS)(CCC)CN1CCC(C(C)(C)C)C1. The highest BCUT2D eigenvalue weighted by Crippen LogP contribution is 2.37. The van der Waals surface area contributed by atoms with Gasteiger partial charge in [-0.3, -0.25) is 0 Å². The summed E-state index contributed by atoms with van der Waals surface area (Å²) in [5.41, 5.74) is 0.924. The fourth-order valence-electron chi connectivity index (χ4n) is 3.71. The summed E-state index contributed by atoms with van der Waals surface area (Å²) in [6, 6.07) is 0. The van der Waals surface area contributed by atoms with E-state index in [0.717, 1.165) is 11.7 Å². The van der Waals surface area contributed by atoms with Gasteiger partial charge in [-0.15, -0.1) is 0 Å². The third-order valence-electron chi connectivity index (χ3n) is 4.95. The smallest absolute Gasteiger partial charge is 0.00459 e. The van der Waals surface area contributed by atoms with Gasteiger partial charge in [0.15, 0.2) is 0 Å². The summed E-state index contributed by atoms with van der Waals surface area (Å²) in [5.74, 6) is 1.92. The molecule has 1 rings (SSSR count). The van der Waals surface area contributed by atoms with Crippen LogP contribution in [-0.2, 0) is 0 Å². The lowest BCUT2D eigenvalue weighted by Crippen LogP contribution is -2.39. The van der Waals surface area contributed by atoms with E-state index in [9.17, 15) is 0 Å². The Labute approximate surface area is 126 Å². The average molecular weight is 286 g/mol. The molecule has 1 aliphatic rings. The maximum absolute atomic E-state index is 4.69. The number of rotatable bonds is 7. The van der Waals surface area contributed by atoms with Crippen LogP contribution in [0.2, 0.25) is 0 Å². The third-order valence-corrected chi connectivity index (χ3v) is 5.62. The molecule has 0 spiro atoms. The number of likely N-dealkylation sites (tertiary alicyclic amines) is 1. The number of hydrogen-bond donors (Lipinski definition) is 1. The fourth-order valence-corrected chi connectivity index (χ4v) is 4.13. The first-order valence-corrected chi connectivity index (χ1v) is 8.83. The van der Waals surface area contributed by atoms with Crippen molar-refractivity contribution in [1.29, 1.82) is 0 Å². The van der Waals surface area contributed by atoms with Gasteiger partial charge in [0.05, 0.1) is 0 Å². The maximum Gasteiger partial charge on any atom is 0.00459 e. The van der Waals surface area contributed by atoms with Crippen LogP contribution < -0.4 is 0 Å². The molecule has 0 bridgehead atoms. The number of thiol groups is 1. The average Bonchev–Trinajstić information content (AvgIpc) is 2.77. The first-order chi connectivity index (χ1) is 8.87. The molecular weight excluding hydrogens is 250 g/mol. The Balaban J connectivity index is 2.61. The molecule has 0 amide bonds. The molecule has 0 aromatic rings. The van der Waals surface area contributed by atoms with Crippen LogP contribution in [0.3, 0.4) is 0 Å². The topological polar surface area (TPSA) is 3.24 Å². The van der Waals surface area contributed by atoms with Crippen LogP contribution in [0.5, 0.6) is 0 Å². The highest BCUT2D eigenvalue weighted by molar-refractivity contribution is 7.80. The third kappa shape index (κ3) is 4.97. The van der Waals surface area contributed by atoms with Crippen molar-refractivity contribution in [2.24, 2.45) is 16.7 Å². The van der Waals surface area contributed by atoms with E-state index in [2.05, 4.69) is 39.5 Å². The van der Waals surface area contributed by atoms with Crippen LogP contribution in [0.15, 0.2) is 0 Å². The molecule has 1 nitrogen and oxygen atoms in total. The van der Waals surface area contributed by atoms with Gasteiger partial charge in [-0.2, -0.15) is 12.6 Å². The molecule has 19 heavy (non-hydrogen) atoms. The van der Waals surface area contributed by atoms with E-state index in [4.69, 9.17) is 12.6 Å². The van der Waals surface area contributed by atoms with E-state index in [1.165, 1.54) is 51.7 Å². The summed E-state index contributed by atoms with van der Waals surface area (Å²) in [6.07, 6.45) is 6.63. The fraction of sp³-hybridized carbons (Fsp3) is 1.00. The minimum atomic E-state index is 0.458. The molecule has 0 aromatic carbocycles. The van der Waals surface area contributed by atoms with Crippen molar-refractivity contribution in [3.63, 3.8) is 0 Å². The quantitative estimate of drug-likeness (QED) is 0.653. The summed E-state index contributed by atoms with van der Waals surface area (Å²) in [6.45, 7) is 15.7. The van der Waals surface area contributed by atoms with E-state index in [-0.39, 0.29) is 0 Å². The molecular formula is C17H35NS. The summed E-state index contributed by atoms with van der Waals surface area (Å²) in [7, 11) is 0. The second kappa shape index (κ2) is 7.36. The van der Waals surface area contributed by atoms with Crippen molar-refractivity contribution in [1.82, 2.24) is 4.90 Å². The Kier molecular flexibility index (Phi) is 6.72.